The lowest BCUT2D eigenvalue weighted by atomic mass is 9.91. The zero-order chi connectivity index (χ0) is 20.9. The molecular weight excluding hydrogens is 393 g/mol. The second kappa shape index (κ2) is 9.59. The number of fused-ring (bicyclic) bond motifs is 1. The first-order valence-corrected chi connectivity index (χ1v) is 10.3. The molecule has 0 saturated heterocycles. The minimum atomic E-state index is -0.431. The van der Waals surface area contributed by atoms with Gasteiger partial charge in [0, 0.05) is 39.5 Å². The van der Waals surface area contributed by atoms with E-state index >= 15 is 0 Å². The van der Waals surface area contributed by atoms with Crippen molar-refractivity contribution in [3.8, 4) is 5.75 Å². The van der Waals surface area contributed by atoms with Crippen LogP contribution < -0.4 is 10.1 Å². The van der Waals surface area contributed by atoms with Gasteiger partial charge in [-0.2, -0.15) is 0 Å². The molecule has 1 amide bonds. The maximum Gasteiger partial charge on any atom is 0.220 e. The number of aryl methyl sites for hydroxylation is 1. The van der Waals surface area contributed by atoms with Gasteiger partial charge in [-0.05, 0) is 54.7 Å². The standard InChI is InChI=1S/C23H27ClFNO3/c1-23(14-17-4-7-19(24)20(25)13-17)15-18-12-16(5-8-21(18)29-23)6-9-22(27)26-10-3-11-28-2/h4-5,7-8,12-13H,3,6,9-11,14-15H2,1-2H3,(H,26,27)/t23-/m0/s1. The first-order chi connectivity index (χ1) is 13.9. The summed E-state index contributed by atoms with van der Waals surface area (Å²) in [5.41, 5.74) is 2.66. The number of hydrogen-bond acceptors (Lipinski definition) is 3. The summed E-state index contributed by atoms with van der Waals surface area (Å²) in [5.74, 6) is 0.494. The first kappa shape index (κ1) is 21.6. The average Bonchev–Trinajstić information content (AvgIpc) is 3.01. The van der Waals surface area contributed by atoms with Crippen LogP contribution in [0.15, 0.2) is 36.4 Å². The van der Waals surface area contributed by atoms with E-state index in [0.717, 1.165) is 35.3 Å². The number of rotatable bonds is 9. The average molecular weight is 420 g/mol. The minimum Gasteiger partial charge on any atom is -0.487 e. The van der Waals surface area contributed by atoms with Crippen LogP contribution in [-0.4, -0.2) is 31.8 Å². The topological polar surface area (TPSA) is 47.6 Å². The Morgan fingerprint density at radius 3 is 2.83 bits per heavy atom. The summed E-state index contributed by atoms with van der Waals surface area (Å²) >= 11 is 5.78. The number of carbonyl (C=O) groups is 1. The van der Waals surface area contributed by atoms with Gasteiger partial charge in [0.2, 0.25) is 5.91 Å². The number of amides is 1. The second-order valence-corrected chi connectivity index (χ2v) is 8.20. The summed E-state index contributed by atoms with van der Waals surface area (Å²) < 4.78 is 24.9. The van der Waals surface area contributed by atoms with Crippen molar-refractivity contribution in [3.05, 3.63) is 63.9 Å². The molecule has 0 unspecified atom stereocenters. The monoisotopic (exact) mass is 419 g/mol. The maximum absolute atomic E-state index is 13.7. The second-order valence-electron chi connectivity index (χ2n) is 7.79. The van der Waals surface area contributed by atoms with Crippen molar-refractivity contribution in [2.45, 2.75) is 44.6 Å². The Kier molecular flexibility index (Phi) is 7.14. The Labute approximate surface area is 176 Å². The number of hydrogen-bond donors (Lipinski definition) is 1. The van der Waals surface area contributed by atoms with Crippen molar-refractivity contribution >= 4 is 17.5 Å². The number of ether oxygens (including phenoxy) is 2. The molecule has 0 aromatic heterocycles. The Morgan fingerprint density at radius 1 is 1.28 bits per heavy atom. The van der Waals surface area contributed by atoms with Gasteiger partial charge in [0.1, 0.15) is 17.2 Å². The normalized spacial score (nSPS) is 17.7. The van der Waals surface area contributed by atoms with Gasteiger partial charge >= 0.3 is 0 Å². The molecular formula is C23H27ClFNO3. The van der Waals surface area contributed by atoms with E-state index in [2.05, 4.69) is 11.4 Å². The number of carbonyl (C=O) groups excluding carboxylic acids is 1. The van der Waals surface area contributed by atoms with Crippen LogP contribution in [0.5, 0.6) is 5.75 Å². The molecule has 4 nitrogen and oxygen atoms in total. The molecule has 2 aromatic rings. The molecule has 1 N–H and O–H groups in total. The van der Waals surface area contributed by atoms with E-state index in [1.807, 2.05) is 25.1 Å². The third-order valence-electron chi connectivity index (χ3n) is 5.10. The molecule has 1 aliphatic rings. The van der Waals surface area contributed by atoms with Crippen LogP contribution in [0.25, 0.3) is 0 Å². The Hall–Kier alpha value is -2.11. The predicted octanol–water partition coefficient (Wildman–Crippen LogP) is 4.50. The van der Waals surface area contributed by atoms with Crippen LogP contribution in [0.4, 0.5) is 4.39 Å². The third kappa shape index (κ3) is 5.94. The molecule has 1 heterocycles. The molecule has 2 aromatic carbocycles. The zero-order valence-corrected chi connectivity index (χ0v) is 17.7. The van der Waals surface area contributed by atoms with E-state index < -0.39 is 11.4 Å². The molecule has 0 saturated carbocycles. The van der Waals surface area contributed by atoms with E-state index in [0.29, 0.717) is 32.4 Å². The van der Waals surface area contributed by atoms with E-state index in [-0.39, 0.29) is 10.9 Å². The van der Waals surface area contributed by atoms with Crippen molar-refractivity contribution in [2.75, 3.05) is 20.3 Å². The molecule has 0 fully saturated rings. The first-order valence-electron chi connectivity index (χ1n) is 9.89. The molecule has 6 heteroatoms. The lowest BCUT2D eigenvalue weighted by Gasteiger charge is -2.24. The SMILES string of the molecule is COCCCNC(=O)CCc1ccc2c(c1)C[C@](C)(Cc1ccc(Cl)c(F)c1)O2. The lowest BCUT2D eigenvalue weighted by Crippen LogP contribution is -2.32. The van der Waals surface area contributed by atoms with Gasteiger partial charge < -0.3 is 14.8 Å². The van der Waals surface area contributed by atoms with Crippen LogP contribution in [0.2, 0.25) is 5.02 Å². The Morgan fingerprint density at radius 2 is 2.07 bits per heavy atom. The fourth-order valence-corrected chi connectivity index (χ4v) is 3.82. The zero-order valence-electron chi connectivity index (χ0n) is 16.9. The van der Waals surface area contributed by atoms with Gasteiger partial charge in [0.15, 0.2) is 0 Å². The van der Waals surface area contributed by atoms with Crippen molar-refractivity contribution in [1.82, 2.24) is 5.32 Å². The van der Waals surface area contributed by atoms with Crippen molar-refractivity contribution < 1.29 is 18.7 Å². The van der Waals surface area contributed by atoms with Gasteiger partial charge in [-0.1, -0.05) is 29.8 Å². The third-order valence-corrected chi connectivity index (χ3v) is 5.40. The van der Waals surface area contributed by atoms with E-state index in [1.54, 1.807) is 13.2 Å². The van der Waals surface area contributed by atoms with Crippen LogP contribution in [0, 0.1) is 5.82 Å². The summed E-state index contributed by atoms with van der Waals surface area (Å²) in [5, 5.41) is 3.03. The number of halogens is 2. The summed E-state index contributed by atoms with van der Waals surface area (Å²) in [4.78, 5) is 12.0. The predicted molar refractivity (Wildman–Crippen MR) is 112 cm³/mol. The lowest BCUT2D eigenvalue weighted by molar-refractivity contribution is -0.121. The molecule has 1 aliphatic heterocycles. The number of benzene rings is 2. The fourth-order valence-electron chi connectivity index (χ4n) is 3.70. The van der Waals surface area contributed by atoms with Crippen molar-refractivity contribution in [3.63, 3.8) is 0 Å². The quantitative estimate of drug-likeness (QED) is 0.609. The Bertz CT molecular complexity index is 873. The van der Waals surface area contributed by atoms with Gasteiger partial charge in [0.25, 0.3) is 0 Å². The highest BCUT2D eigenvalue weighted by atomic mass is 35.5. The number of methoxy groups -OCH3 is 1. The van der Waals surface area contributed by atoms with Gasteiger partial charge in [-0.15, -0.1) is 0 Å². The molecule has 1 atom stereocenters. The molecule has 156 valence electrons. The molecule has 3 rings (SSSR count). The summed E-state index contributed by atoms with van der Waals surface area (Å²) in [6, 6.07) is 11.0. The highest BCUT2D eigenvalue weighted by molar-refractivity contribution is 6.30. The van der Waals surface area contributed by atoms with Gasteiger partial charge in [-0.25, -0.2) is 4.39 Å². The van der Waals surface area contributed by atoms with E-state index in [9.17, 15) is 9.18 Å². The number of nitrogens with one attached hydrogen (secondary N) is 1. The van der Waals surface area contributed by atoms with Crippen LogP contribution in [0.3, 0.4) is 0 Å². The molecule has 0 aliphatic carbocycles. The van der Waals surface area contributed by atoms with E-state index in [4.69, 9.17) is 21.1 Å². The Balaban J connectivity index is 1.55. The minimum absolute atomic E-state index is 0.0486. The molecule has 0 radical (unpaired) electrons. The van der Waals surface area contributed by atoms with Crippen molar-refractivity contribution in [1.29, 1.82) is 0 Å². The highest BCUT2D eigenvalue weighted by Gasteiger charge is 2.35. The van der Waals surface area contributed by atoms with Crippen LogP contribution in [-0.2, 0) is 28.8 Å². The maximum atomic E-state index is 13.7. The van der Waals surface area contributed by atoms with Crippen LogP contribution >= 0.6 is 11.6 Å². The van der Waals surface area contributed by atoms with Gasteiger partial charge in [-0.3, -0.25) is 4.79 Å². The summed E-state index contributed by atoms with van der Waals surface area (Å²) in [6.07, 6.45) is 3.28. The largest absolute Gasteiger partial charge is 0.487 e. The molecule has 0 bridgehead atoms. The highest BCUT2D eigenvalue weighted by Crippen LogP contribution is 2.38. The molecule has 0 spiro atoms. The fraction of sp³-hybridized carbons (Fsp3) is 0.435. The van der Waals surface area contributed by atoms with E-state index in [1.165, 1.54) is 6.07 Å². The van der Waals surface area contributed by atoms with Crippen LogP contribution in [0.1, 0.15) is 36.5 Å². The van der Waals surface area contributed by atoms with Gasteiger partial charge in [0.05, 0.1) is 5.02 Å². The smallest absolute Gasteiger partial charge is 0.220 e. The summed E-state index contributed by atoms with van der Waals surface area (Å²) in [6.45, 7) is 3.31. The summed E-state index contributed by atoms with van der Waals surface area (Å²) in [7, 11) is 1.65. The molecule has 29 heavy (non-hydrogen) atoms. The van der Waals surface area contributed by atoms with Crippen molar-refractivity contribution in [2.24, 2.45) is 0 Å².